The molecule has 6 heteroatoms. The van der Waals surface area contributed by atoms with Crippen molar-refractivity contribution in [2.75, 3.05) is 0 Å². The number of carbonyl (C=O) groups excluding carboxylic acids is 2. The van der Waals surface area contributed by atoms with Crippen LogP contribution in [-0.4, -0.2) is 11.9 Å². The molecule has 0 heterocycles. The average molecular weight is 188 g/mol. The fourth-order valence-corrected chi connectivity index (χ4v) is 0. The second kappa shape index (κ2) is 17.7. The van der Waals surface area contributed by atoms with Gasteiger partial charge in [0.05, 0.1) is 11.9 Å². The Balaban J connectivity index is -0.0000000457. The van der Waals surface area contributed by atoms with E-state index < -0.39 is 11.9 Å². The van der Waals surface area contributed by atoms with Gasteiger partial charge in [0.2, 0.25) is 0 Å². The molecule has 0 aromatic heterocycles. The van der Waals surface area contributed by atoms with Crippen molar-refractivity contribution in [1.82, 2.24) is 0 Å². The van der Waals surface area contributed by atoms with Gasteiger partial charge < -0.3 is 19.8 Å². The summed E-state index contributed by atoms with van der Waals surface area (Å²) < 4.78 is 0. The van der Waals surface area contributed by atoms with Crippen molar-refractivity contribution in [3.8, 4) is 0 Å². The normalized spacial score (nSPS) is 5.33. The van der Waals surface area contributed by atoms with E-state index in [0.717, 1.165) is 12.2 Å². The van der Waals surface area contributed by atoms with Crippen molar-refractivity contribution in [3.05, 3.63) is 25.3 Å². The largest absolute Gasteiger partial charge is 1.00 e. The first kappa shape index (κ1) is 22.9. The van der Waals surface area contributed by atoms with E-state index in [0.29, 0.717) is 0 Å². The van der Waals surface area contributed by atoms with Crippen LogP contribution < -0.4 is 80.5 Å². The Labute approximate surface area is 125 Å². The maximum Gasteiger partial charge on any atom is 1.00 e. The van der Waals surface area contributed by atoms with Crippen molar-refractivity contribution in [3.63, 3.8) is 0 Å². The van der Waals surface area contributed by atoms with Gasteiger partial charge in [-0.3, -0.25) is 0 Å². The fourth-order valence-electron chi connectivity index (χ4n) is 0. The van der Waals surface area contributed by atoms with Crippen LogP contribution in [0.5, 0.6) is 0 Å². The molecule has 0 amide bonds. The van der Waals surface area contributed by atoms with Gasteiger partial charge in [-0.05, 0) is 12.2 Å². The maximum atomic E-state index is 9.14. The van der Waals surface area contributed by atoms with Gasteiger partial charge in [-0.2, -0.15) is 0 Å². The van der Waals surface area contributed by atoms with E-state index >= 15 is 0 Å². The summed E-state index contributed by atoms with van der Waals surface area (Å²) in [7, 11) is 0. The van der Waals surface area contributed by atoms with Crippen molar-refractivity contribution in [1.29, 1.82) is 0 Å². The minimum absolute atomic E-state index is 0. The van der Waals surface area contributed by atoms with E-state index in [2.05, 4.69) is 13.2 Å². The first-order chi connectivity index (χ1) is 4.54. The Morgan fingerprint density at radius 2 is 1.08 bits per heavy atom. The predicted molar refractivity (Wildman–Crippen MR) is 30.4 cm³/mol. The summed E-state index contributed by atoms with van der Waals surface area (Å²) >= 11 is 0. The monoisotopic (exact) mass is 188 g/mol. The molecule has 4 nitrogen and oxygen atoms in total. The van der Waals surface area contributed by atoms with Crippen LogP contribution in [0.3, 0.4) is 0 Å². The molecule has 0 saturated heterocycles. The van der Waals surface area contributed by atoms with Gasteiger partial charge in [0, 0.05) is 0 Å². The summed E-state index contributed by atoms with van der Waals surface area (Å²) in [4.78, 5) is 18.3. The number of carboxylic acid groups (broad SMARTS) is 2. The molecule has 0 aliphatic rings. The molecule has 0 bridgehead atoms. The van der Waals surface area contributed by atoms with Crippen LogP contribution in [0.1, 0.15) is 0 Å². The van der Waals surface area contributed by atoms with Crippen molar-refractivity contribution < 1.29 is 90.0 Å². The third kappa shape index (κ3) is 45.8. The molecule has 0 spiro atoms. The molecular weight excluding hydrogens is 182 g/mol. The first-order valence-corrected chi connectivity index (χ1v) is 2.21. The van der Waals surface area contributed by atoms with Gasteiger partial charge in [0.25, 0.3) is 0 Å². The summed E-state index contributed by atoms with van der Waals surface area (Å²) in [6.45, 7) is 5.80. The number of hydrogen-bond donors (Lipinski definition) is 0. The topological polar surface area (TPSA) is 80.3 Å². The van der Waals surface area contributed by atoms with Crippen LogP contribution in [0, 0.1) is 0 Å². The van der Waals surface area contributed by atoms with Gasteiger partial charge in [-0.1, -0.05) is 13.2 Å². The molecule has 0 aliphatic carbocycles. The third-order valence-electron chi connectivity index (χ3n) is 0.333. The van der Waals surface area contributed by atoms with Gasteiger partial charge >= 0.3 is 70.2 Å². The van der Waals surface area contributed by atoms with Gasteiger partial charge in [-0.15, -0.1) is 0 Å². The number of carboxylic acids is 2. The van der Waals surface area contributed by atoms with Crippen LogP contribution >= 0.6 is 0 Å². The molecule has 0 aromatic carbocycles. The molecule has 0 radical (unpaired) electrons. The molecule has 56 valence electrons. The Kier molecular flexibility index (Phi) is 33.8. The van der Waals surface area contributed by atoms with E-state index in [1.165, 1.54) is 0 Å². The Morgan fingerprint density at radius 3 is 1.08 bits per heavy atom. The van der Waals surface area contributed by atoms with E-state index in [1.54, 1.807) is 0 Å². The minimum Gasteiger partial charge on any atom is -0.545 e. The molecular formula is C6H6KLiO4. The molecule has 0 N–H and O–H groups in total. The SMILES string of the molecule is C=CC(=O)[O-].C=CC(=O)[O-].[K+].[Li+]. The molecule has 0 rings (SSSR count). The predicted octanol–water partition coefficient (Wildman–Crippen LogP) is -8.15. The molecule has 0 aromatic rings. The van der Waals surface area contributed by atoms with E-state index in [4.69, 9.17) is 19.8 Å². The van der Waals surface area contributed by atoms with E-state index in [1.807, 2.05) is 0 Å². The maximum absolute atomic E-state index is 9.14. The van der Waals surface area contributed by atoms with Crippen LogP contribution in [0.15, 0.2) is 25.3 Å². The van der Waals surface area contributed by atoms with Crippen LogP contribution in [-0.2, 0) is 9.59 Å². The molecule has 0 aliphatic heterocycles. The zero-order valence-corrected chi connectivity index (χ0v) is 10.3. The number of aliphatic carboxylic acids is 2. The molecule has 0 atom stereocenters. The fraction of sp³-hybridized carbons (Fsp3) is 0. The second-order valence-electron chi connectivity index (χ2n) is 1.05. The number of rotatable bonds is 2. The number of carbonyl (C=O) groups is 2. The van der Waals surface area contributed by atoms with Gasteiger partial charge in [0.1, 0.15) is 0 Å². The zero-order valence-electron chi connectivity index (χ0n) is 7.20. The minimum atomic E-state index is -1.23. The first-order valence-electron chi connectivity index (χ1n) is 2.21. The van der Waals surface area contributed by atoms with Crippen molar-refractivity contribution in [2.45, 2.75) is 0 Å². The van der Waals surface area contributed by atoms with Crippen molar-refractivity contribution >= 4 is 11.9 Å². The van der Waals surface area contributed by atoms with Crippen LogP contribution in [0.2, 0.25) is 0 Å². The van der Waals surface area contributed by atoms with Crippen LogP contribution in [0.4, 0.5) is 0 Å². The van der Waals surface area contributed by atoms with Gasteiger partial charge in [-0.25, -0.2) is 0 Å². The second-order valence-corrected chi connectivity index (χ2v) is 1.05. The summed E-state index contributed by atoms with van der Waals surface area (Å²) in [5.41, 5.74) is 0. The summed E-state index contributed by atoms with van der Waals surface area (Å²) in [6, 6.07) is 0. The zero-order chi connectivity index (χ0) is 8.57. The summed E-state index contributed by atoms with van der Waals surface area (Å²) in [5, 5.41) is 18.3. The third-order valence-corrected chi connectivity index (χ3v) is 0.333. The summed E-state index contributed by atoms with van der Waals surface area (Å²) in [6.07, 6.45) is 1.44. The molecule has 0 saturated carbocycles. The van der Waals surface area contributed by atoms with Crippen LogP contribution in [0.25, 0.3) is 0 Å². The molecule has 12 heavy (non-hydrogen) atoms. The quantitative estimate of drug-likeness (QED) is 0.318. The Hall–Kier alpha value is 0.654. The smallest absolute Gasteiger partial charge is 0.545 e. The Morgan fingerprint density at radius 1 is 1.00 bits per heavy atom. The standard InChI is InChI=1S/2C3H4O2.K.Li/c2*1-2-3(4)5;;/h2*2H,1H2,(H,4,5);;/q;;2*+1/p-2. The summed E-state index contributed by atoms with van der Waals surface area (Å²) in [5.74, 6) is -2.46. The number of hydrogen-bond acceptors (Lipinski definition) is 4. The average Bonchev–Trinajstić information content (AvgIpc) is 1.89. The van der Waals surface area contributed by atoms with E-state index in [-0.39, 0.29) is 70.2 Å². The van der Waals surface area contributed by atoms with Crippen molar-refractivity contribution in [2.24, 2.45) is 0 Å². The Bertz CT molecular complexity index is 140. The molecule has 0 fully saturated rings. The molecule has 0 unspecified atom stereocenters. The van der Waals surface area contributed by atoms with E-state index in [9.17, 15) is 0 Å². The van der Waals surface area contributed by atoms with Gasteiger partial charge in [0.15, 0.2) is 0 Å².